The summed E-state index contributed by atoms with van der Waals surface area (Å²) < 4.78 is 48.0. The van der Waals surface area contributed by atoms with Gasteiger partial charge in [-0.2, -0.15) is 0 Å². The summed E-state index contributed by atoms with van der Waals surface area (Å²) >= 11 is 6.25. The van der Waals surface area contributed by atoms with Crippen molar-refractivity contribution in [2.75, 3.05) is 18.0 Å². The lowest BCUT2D eigenvalue weighted by atomic mass is 10.1. The molecule has 3 aromatic carbocycles. The Morgan fingerprint density at radius 1 is 1.02 bits per heavy atom. The summed E-state index contributed by atoms with van der Waals surface area (Å²) in [6.07, 6.45) is 0.682. The highest BCUT2D eigenvalue weighted by Gasteiger charge is 2.34. The fraction of sp³-hybridized carbons (Fsp3) is 0.333. The number of halogens is 2. The summed E-state index contributed by atoms with van der Waals surface area (Å²) in [5.41, 5.74) is 1.49. The molecule has 2 atom stereocenters. The Balaban J connectivity index is 2.09. The second-order valence-electron chi connectivity index (χ2n) is 9.78. The van der Waals surface area contributed by atoms with E-state index in [4.69, 9.17) is 16.3 Å². The molecule has 8 nitrogen and oxygen atoms in total. The largest absolute Gasteiger partial charge is 0.495 e. The molecular formula is C30H35ClFN3O5S. The fourth-order valence-corrected chi connectivity index (χ4v) is 5.63. The third-order valence-corrected chi connectivity index (χ3v) is 8.74. The van der Waals surface area contributed by atoms with Gasteiger partial charge in [0.15, 0.2) is 0 Å². The number of hydrogen-bond acceptors (Lipinski definition) is 5. The number of sulfonamides is 1. The van der Waals surface area contributed by atoms with E-state index in [2.05, 4.69) is 5.32 Å². The zero-order chi connectivity index (χ0) is 30.3. The Hall–Kier alpha value is -3.63. The molecule has 3 aromatic rings. The molecule has 0 spiro atoms. The van der Waals surface area contributed by atoms with Crippen molar-refractivity contribution in [1.82, 2.24) is 10.2 Å². The minimum atomic E-state index is -4.30. The molecular weight excluding hydrogens is 569 g/mol. The van der Waals surface area contributed by atoms with Gasteiger partial charge >= 0.3 is 0 Å². The van der Waals surface area contributed by atoms with Crippen molar-refractivity contribution in [2.24, 2.45) is 0 Å². The fourth-order valence-electron chi connectivity index (χ4n) is 4.04. The van der Waals surface area contributed by atoms with Gasteiger partial charge in [-0.3, -0.25) is 13.9 Å². The van der Waals surface area contributed by atoms with Crippen LogP contribution in [-0.2, 0) is 26.2 Å². The van der Waals surface area contributed by atoms with Gasteiger partial charge in [0, 0.05) is 17.6 Å². The third-order valence-electron chi connectivity index (χ3n) is 6.73. The topological polar surface area (TPSA) is 96.0 Å². The van der Waals surface area contributed by atoms with Crippen molar-refractivity contribution in [3.63, 3.8) is 0 Å². The molecule has 0 aliphatic heterocycles. The lowest BCUT2D eigenvalue weighted by Crippen LogP contribution is -2.52. The van der Waals surface area contributed by atoms with Crippen LogP contribution in [0.1, 0.15) is 38.3 Å². The van der Waals surface area contributed by atoms with Gasteiger partial charge in [0.1, 0.15) is 24.2 Å². The molecule has 220 valence electrons. The molecule has 1 N–H and O–H groups in total. The number of rotatable bonds is 12. The standard InChI is InChI=1S/C30H35ClFN3O5S/c1-6-21(3)33-30(37)22(4)34(18-23-9-12-25(32)13-10-23)29(36)19-35(27-17-24(31)11-16-28(27)40-5)41(38,39)26-14-7-20(2)8-15-26/h7-17,21-22H,6,18-19H2,1-5H3,(H,33,37)/t21-,22-/m0/s1. The van der Waals surface area contributed by atoms with Crippen molar-refractivity contribution in [3.8, 4) is 5.75 Å². The summed E-state index contributed by atoms with van der Waals surface area (Å²) in [5, 5.41) is 3.11. The molecule has 0 saturated carbocycles. The highest BCUT2D eigenvalue weighted by atomic mass is 35.5. The average molecular weight is 604 g/mol. The van der Waals surface area contributed by atoms with Crippen LogP contribution >= 0.6 is 11.6 Å². The van der Waals surface area contributed by atoms with E-state index in [1.54, 1.807) is 25.1 Å². The zero-order valence-electron chi connectivity index (χ0n) is 23.7. The van der Waals surface area contributed by atoms with Gasteiger partial charge in [-0.15, -0.1) is 0 Å². The maximum Gasteiger partial charge on any atom is 0.264 e. The van der Waals surface area contributed by atoms with E-state index in [1.165, 1.54) is 60.5 Å². The first-order valence-corrected chi connectivity index (χ1v) is 15.0. The van der Waals surface area contributed by atoms with Gasteiger partial charge in [0.05, 0.1) is 17.7 Å². The second kappa shape index (κ2) is 13.8. The van der Waals surface area contributed by atoms with Crippen molar-refractivity contribution in [2.45, 2.75) is 57.6 Å². The first-order valence-electron chi connectivity index (χ1n) is 13.1. The molecule has 0 radical (unpaired) electrons. The molecule has 11 heteroatoms. The lowest BCUT2D eigenvalue weighted by molar-refractivity contribution is -0.139. The number of nitrogens with one attached hydrogen (secondary N) is 1. The van der Waals surface area contributed by atoms with E-state index >= 15 is 0 Å². The molecule has 2 amide bonds. The normalized spacial score (nSPS) is 12.8. The molecule has 0 aliphatic carbocycles. The summed E-state index contributed by atoms with van der Waals surface area (Å²) in [6, 6.07) is 15.1. The molecule has 41 heavy (non-hydrogen) atoms. The van der Waals surface area contributed by atoms with E-state index in [-0.39, 0.29) is 33.9 Å². The first kappa shape index (κ1) is 31.9. The molecule has 0 bridgehead atoms. The monoisotopic (exact) mass is 603 g/mol. The van der Waals surface area contributed by atoms with Crippen LogP contribution in [0, 0.1) is 12.7 Å². The maximum absolute atomic E-state index is 14.0. The van der Waals surface area contributed by atoms with Crippen LogP contribution in [-0.4, -0.2) is 50.9 Å². The van der Waals surface area contributed by atoms with Gasteiger partial charge in [0.25, 0.3) is 10.0 Å². The number of ether oxygens (including phenoxy) is 1. The molecule has 0 aliphatic rings. The number of carbonyl (C=O) groups is 2. The Morgan fingerprint density at radius 3 is 2.24 bits per heavy atom. The van der Waals surface area contributed by atoms with Crippen molar-refractivity contribution in [1.29, 1.82) is 0 Å². The quantitative estimate of drug-likeness (QED) is 0.302. The van der Waals surface area contributed by atoms with Crippen molar-refractivity contribution in [3.05, 3.63) is 88.7 Å². The molecule has 0 aromatic heterocycles. The van der Waals surface area contributed by atoms with Gasteiger partial charge in [-0.05, 0) is 75.2 Å². The Labute approximate surface area is 246 Å². The Bertz CT molecular complexity index is 1470. The molecule has 0 unspecified atom stereocenters. The van der Waals surface area contributed by atoms with Crippen LogP contribution in [0.3, 0.4) is 0 Å². The van der Waals surface area contributed by atoms with E-state index < -0.39 is 40.2 Å². The number of benzene rings is 3. The van der Waals surface area contributed by atoms with Gasteiger partial charge in [-0.1, -0.05) is 48.4 Å². The Morgan fingerprint density at radius 2 is 1.66 bits per heavy atom. The van der Waals surface area contributed by atoms with E-state index in [1.807, 2.05) is 20.8 Å². The van der Waals surface area contributed by atoms with E-state index in [0.717, 1.165) is 9.87 Å². The third kappa shape index (κ3) is 7.98. The van der Waals surface area contributed by atoms with Gasteiger partial charge < -0.3 is 15.0 Å². The molecule has 3 rings (SSSR count). The van der Waals surface area contributed by atoms with Crippen molar-refractivity contribution < 1.29 is 27.1 Å². The number of amides is 2. The second-order valence-corrected chi connectivity index (χ2v) is 12.1. The number of hydrogen-bond donors (Lipinski definition) is 1. The van der Waals surface area contributed by atoms with Crippen LogP contribution in [0.25, 0.3) is 0 Å². The number of methoxy groups -OCH3 is 1. The molecule has 0 fully saturated rings. The summed E-state index contributed by atoms with van der Waals surface area (Å²) in [4.78, 5) is 28.4. The number of carbonyl (C=O) groups excluding carboxylic acids is 2. The van der Waals surface area contributed by atoms with E-state index in [9.17, 15) is 22.4 Å². The van der Waals surface area contributed by atoms with Crippen LogP contribution < -0.4 is 14.4 Å². The first-order chi connectivity index (χ1) is 19.4. The zero-order valence-corrected chi connectivity index (χ0v) is 25.3. The summed E-state index contributed by atoms with van der Waals surface area (Å²) in [6.45, 7) is 6.45. The highest BCUT2D eigenvalue weighted by molar-refractivity contribution is 7.92. The SMILES string of the molecule is CC[C@H](C)NC(=O)[C@H](C)N(Cc1ccc(F)cc1)C(=O)CN(c1cc(Cl)ccc1OC)S(=O)(=O)c1ccc(C)cc1. The number of nitrogens with zero attached hydrogens (tertiary/aromatic N) is 2. The smallest absolute Gasteiger partial charge is 0.264 e. The highest BCUT2D eigenvalue weighted by Crippen LogP contribution is 2.35. The van der Waals surface area contributed by atoms with Gasteiger partial charge in [0.2, 0.25) is 11.8 Å². The summed E-state index contributed by atoms with van der Waals surface area (Å²) in [5.74, 6) is -1.31. The molecule has 0 saturated heterocycles. The summed E-state index contributed by atoms with van der Waals surface area (Å²) in [7, 11) is -2.92. The molecule has 0 heterocycles. The van der Waals surface area contributed by atoms with Crippen LogP contribution in [0.5, 0.6) is 5.75 Å². The van der Waals surface area contributed by atoms with Crippen LogP contribution in [0.2, 0.25) is 5.02 Å². The predicted octanol–water partition coefficient (Wildman–Crippen LogP) is 5.32. The van der Waals surface area contributed by atoms with Crippen LogP contribution in [0.15, 0.2) is 71.6 Å². The van der Waals surface area contributed by atoms with Crippen molar-refractivity contribution >= 4 is 39.1 Å². The lowest BCUT2D eigenvalue weighted by Gasteiger charge is -2.33. The van der Waals surface area contributed by atoms with Gasteiger partial charge in [-0.25, -0.2) is 12.8 Å². The minimum absolute atomic E-state index is 0.0365. The maximum atomic E-state index is 14.0. The Kier molecular flexibility index (Phi) is 10.8. The number of aryl methyl sites for hydroxylation is 1. The number of anilines is 1. The average Bonchev–Trinajstić information content (AvgIpc) is 2.95. The minimum Gasteiger partial charge on any atom is -0.495 e. The van der Waals surface area contributed by atoms with Crippen LogP contribution in [0.4, 0.5) is 10.1 Å². The predicted molar refractivity (Wildman–Crippen MR) is 158 cm³/mol. The van der Waals surface area contributed by atoms with E-state index in [0.29, 0.717) is 12.0 Å².